The topological polar surface area (TPSA) is 55.5 Å². The van der Waals surface area contributed by atoms with E-state index in [-0.39, 0.29) is 5.75 Å². The van der Waals surface area contributed by atoms with Crippen molar-refractivity contribution in [2.45, 2.75) is 19.3 Å². The lowest BCUT2D eigenvalue weighted by Crippen LogP contribution is -2.12. The molecular formula is C11H15NO2. The van der Waals surface area contributed by atoms with Gasteiger partial charge in [-0.05, 0) is 37.4 Å². The van der Waals surface area contributed by atoms with Crippen molar-refractivity contribution in [3.8, 4) is 11.5 Å². The summed E-state index contributed by atoms with van der Waals surface area (Å²) in [5, 5.41) is 9.59. The van der Waals surface area contributed by atoms with Crippen molar-refractivity contribution in [1.82, 2.24) is 0 Å². The van der Waals surface area contributed by atoms with Gasteiger partial charge in [0.25, 0.3) is 0 Å². The third-order valence-corrected chi connectivity index (χ3v) is 2.57. The largest absolute Gasteiger partial charge is 0.504 e. The van der Waals surface area contributed by atoms with Crippen molar-refractivity contribution in [3.05, 3.63) is 23.3 Å². The molecule has 0 saturated carbocycles. The molecular weight excluding hydrogens is 178 g/mol. The fourth-order valence-corrected chi connectivity index (χ4v) is 1.90. The molecule has 3 N–H and O–H groups in total. The SMILES string of the molecule is NCCc1ccc(O)c2c1CCCO2. The summed E-state index contributed by atoms with van der Waals surface area (Å²) < 4.78 is 5.45. The summed E-state index contributed by atoms with van der Waals surface area (Å²) >= 11 is 0. The van der Waals surface area contributed by atoms with Crippen LogP contribution in [0.2, 0.25) is 0 Å². The highest BCUT2D eigenvalue weighted by molar-refractivity contribution is 5.51. The van der Waals surface area contributed by atoms with Crippen molar-refractivity contribution in [2.75, 3.05) is 13.2 Å². The molecule has 0 fully saturated rings. The number of benzene rings is 1. The standard InChI is InChI=1S/C11H15NO2/c12-6-5-8-3-4-10(13)11-9(8)2-1-7-14-11/h3-4,13H,1-2,5-7,12H2. The van der Waals surface area contributed by atoms with E-state index in [1.807, 2.05) is 6.07 Å². The Bertz CT molecular complexity index is 336. The van der Waals surface area contributed by atoms with Crippen LogP contribution in [0.5, 0.6) is 11.5 Å². The first-order valence-corrected chi connectivity index (χ1v) is 4.99. The summed E-state index contributed by atoms with van der Waals surface area (Å²) in [6.07, 6.45) is 2.86. The molecule has 0 amide bonds. The molecule has 1 heterocycles. The predicted molar refractivity (Wildman–Crippen MR) is 54.7 cm³/mol. The number of phenols is 1. The van der Waals surface area contributed by atoms with Crippen LogP contribution in [0.15, 0.2) is 12.1 Å². The molecule has 2 rings (SSSR count). The van der Waals surface area contributed by atoms with E-state index in [1.165, 1.54) is 5.56 Å². The molecule has 1 aliphatic heterocycles. The number of ether oxygens (including phenoxy) is 1. The van der Waals surface area contributed by atoms with E-state index in [9.17, 15) is 5.11 Å². The maximum atomic E-state index is 9.59. The van der Waals surface area contributed by atoms with E-state index in [2.05, 4.69) is 0 Å². The molecule has 3 heteroatoms. The smallest absolute Gasteiger partial charge is 0.164 e. The lowest BCUT2D eigenvalue weighted by atomic mass is 9.97. The number of aromatic hydroxyl groups is 1. The molecule has 76 valence electrons. The zero-order valence-corrected chi connectivity index (χ0v) is 8.12. The summed E-state index contributed by atoms with van der Waals surface area (Å²) in [5.41, 5.74) is 7.88. The van der Waals surface area contributed by atoms with Gasteiger partial charge in [-0.1, -0.05) is 6.07 Å². The van der Waals surface area contributed by atoms with Gasteiger partial charge < -0.3 is 15.6 Å². The molecule has 0 radical (unpaired) electrons. The number of fused-ring (bicyclic) bond motifs is 1. The van der Waals surface area contributed by atoms with Crippen LogP contribution in [-0.4, -0.2) is 18.3 Å². The van der Waals surface area contributed by atoms with E-state index in [4.69, 9.17) is 10.5 Å². The van der Waals surface area contributed by atoms with Gasteiger partial charge in [-0.25, -0.2) is 0 Å². The van der Waals surface area contributed by atoms with Crippen molar-refractivity contribution in [2.24, 2.45) is 5.73 Å². The Morgan fingerprint density at radius 2 is 2.29 bits per heavy atom. The van der Waals surface area contributed by atoms with Gasteiger partial charge in [0.1, 0.15) is 0 Å². The minimum atomic E-state index is 0.250. The summed E-state index contributed by atoms with van der Waals surface area (Å²) in [5.74, 6) is 0.919. The zero-order chi connectivity index (χ0) is 9.97. The number of rotatable bonds is 2. The van der Waals surface area contributed by atoms with Gasteiger partial charge in [0, 0.05) is 5.56 Å². The highest BCUT2D eigenvalue weighted by Gasteiger charge is 2.17. The molecule has 0 bridgehead atoms. The van der Waals surface area contributed by atoms with Crippen molar-refractivity contribution < 1.29 is 9.84 Å². The van der Waals surface area contributed by atoms with Crippen LogP contribution < -0.4 is 10.5 Å². The lowest BCUT2D eigenvalue weighted by Gasteiger charge is -2.21. The van der Waals surface area contributed by atoms with Gasteiger partial charge in [0.2, 0.25) is 0 Å². The van der Waals surface area contributed by atoms with Gasteiger partial charge >= 0.3 is 0 Å². The Kier molecular flexibility index (Phi) is 2.59. The Hall–Kier alpha value is -1.22. The normalized spacial score (nSPS) is 14.6. The Labute approximate surface area is 83.5 Å². The summed E-state index contributed by atoms with van der Waals surface area (Å²) in [4.78, 5) is 0. The van der Waals surface area contributed by atoms with Crippen LogP contribution in [-0.2, 0) is 12.8 Å². The summed E-state index contributed by atoms with van der Waals surface area (Å²) in [6, 6.07) is 3.63. The first-order valence-electron chi connectivity index (χ1n) is 4.99. The highest BCUT2D eigenvalue weighted by atomic mass is 16.5. The van der Waals surface area contributed by atoms with Crippen molar-refractivity contribution >= 4 is 0 Å². The third kappa shape index (κ3) is 1.55. The molecule has 0 atom stereocenters. The molecule has 1 aromatic carbocycles. The average Bonchev–Trinajstić information content (AvgIpc) is 2.23. The zero-order valence-electron chi connectivity index (χ0n) is 8.12. The molecule has 0 spiro atoms. The first kappa shape index (κ1) is 9.34. The second kappa shape index (κ2) is 3.88. The number of nitrogens with two attached hydrogens (primary N) is 1. The van der Waals surface area contributed by atoms with E-state index in [0.717, 1.165) is 24.8 Å². The molecule has 0 aliphatic carbocycles. The summed E-state index contributed by atoms with van der Waals surface area (Å²) in [7, 11) is 0. The lowest BCUT2D eigenvalue weighted by molar-refractivity contribution is 0.272. The van der Waals surface area contributed by atoms with Crippen LogP contribution in [0, 0.1) is 0 Å². The van der Waals surface area contributed by atoms with Crippen LogP contribution in [0.3, 0.4) is 0 Å². The predicted octanol–water partition coefficient (Wildman–Crippen LogP) is 1.22. The fraction of sp³-hybridized carbons (Fsp3) is 0.455. The molecule has 0 saturated heterocycles. The van der Waals surface area contributed by atoms with E-state index in [0.29, 0.717) is 18.9 Å². The van der Waals surface area contributed by atoms with E-state index in [1.54, 1.807) is 6.07 Å². The molecule has 1 aliphatic rings. The Balaban J connectivity index is 2.42. The Morgan fingerprint density at radius 1 is 1.43 bits per heavy atom. The Morgan fingerprint density at radius 3 is 3.07 bits per heavy atom. The minimum absolute atomic E-state index is 0.250. The average molecular weight is 193 g/mol. The van der Waals surface area contributed by atoms with Gasteiger partial charge in [-0.3, -0.25) is 0 Å². The molecule has 14 heavy (non-hydrogen) atoms. The highest BCUT2D eigenvalue weighted by Crippen LogP contribution is 2.36. The third-order valence-electron chi connectivity index (χ3n) is 2.57. The van der Waals surface area contributed by atoms with Crippen LogP contribution in [0.1, 0.15) is 17.5 Å². The second-order valence-corrected chi connectivity index (χ2v) is 3.54. The molecule has 0 unspecified atom stereocenters. The van der Waals surface area contributed by atoms with Crippen LogP contribution in [0.25, 0.3) is 0 Å². The molecule has 1 aromatic rings. The van der Waals surface area contributed by atoms with Crippen molar-refractivity contribution in [3.63, 3.8) is 0 Å². The first-order chi connectivity index (χ1) is 6.83. The maximum absolute atomic E-state index is 9.59. The number of phenolic OH excluding ortho intramolecular Hbond substituents is 1. The molecule has 0 aromatic heterocycles. The molecule has 3 nitrogen and oxygen atoms in total. The number of hydrogen-bond donors (Lipinski definition) is 2. The summed E-state index contributed by atoms with van der Waals surface area (Å²) in [6.45, 7) is 1.34. The minimum Gasteiger partial charge on any atom is -0.504 e. The maximum Gasteiger partial charge on any atom is 0.164 e. The quantitative estimate of drug-likeness (QED) is 0.742. The van der Waals surface area contributed by atoms with Gasteiger partial charge in [-0.2, -0.15) is 0 Å². The van der Waals surface area contributed by atoms with E-state index < -0.39 is 0 Å². The monoisotopic (exact) mass is 193 g/mol. The van der Waals surface area contributed by atoms with Crippen LogP contribution in [0.4, 0.5) is 0 Å². The van der Waals surface area contributed by atoms with E-state index >= 15 is 0 Å². The van der Waals surface area contributed by atoms with Gasteiger partial charge in [0.15, 0.2) is 11.5 Å². The number of hydrogen-bond acceptors (Lipinski definition) is 3. The van der Waals surface area contributed by atoms with Gasteiger partial charge in [-0.15, -0.1) is 0 Å². The van der Waals surface area contributed by atoms with Crippen molar-refractivity contribution in [1.29, 1.82) is 0 Å². The fourth-order valence-electron chi connectivity index (χ4n) is 1.90. The van der Waals surface area contributed by atoms with Crippen LogP contribution >= 0.6 is 0 Å². The second-order valence-electron chi connectivity index (χ2n) is 3.54. The van der Waals surface area contributed by atoms with Gasteiger partial charge in [0.05, 0.1) is 6.61 Å².